The Morgan fingerprint density at radius 3 is 2.12 bits per heavy atom. The number of esters is 1. The van der Waals surface area contributed by atoms with Gasteiger partial charge >= 0.3 is 5.97 Å². The highest BCUT2D eigenvalue weighted by Crippen LogP contribution is 2.89. The van der Waals surface area contributed by atoms with Gasteiger partial charge in [0.05, 0.1) is 23.7 Å². The largest absolute Gasteiger partial charge is 0.432 e. The number of hydrogen-bond acceptors (Lipinski definition) is 12. The van der Waals surface area contributed by atoms with Gasteiger partial charge in [-0.25, -0.2) is 0 Å². The van der Waals surface area contributed by atoms with Crippen LogP contribution < -0.4 is 0 Å². The second-order valence-electron chi connectivity index (χ2n) is 18.3. The summed E-state index contributed by atoms with van der Waals surface area (Å²) in [5, 5.41) is 75.5. The Labute approximate surface area is 289 Å². The third-order valence-corrected chi connectivity index (χ3v) is 16.7. The zero-order valence-corrected chi connectivity index (χ0v) is 30.1. The van der Waals surface area contributed by atoms with Crippen LogP contribution in [0.15, 0.2) is 0 Å². The Bertz CT molecular complexity index is 1310. The molecule has 0 radical (unpaired) electrons. The fourth-order valence-corrected chi connectivity index (χ4v) is 13.5. The van der Waals surface area contributed by atoms with E-state index < -0.39 is 71.8 Å². The van der Waals surface area contributed by atoms with Crippen molar-refractivity contribution in [2.75, 3.05) is 7.11 Å². The second-order valence-corrected chi connectivity index (χ2v) is 18.3. The molecule has 19 atom stereocenters. The minimum Gasteiger partial charge on any atom is -0.432 e. The summed E-state index contributed by atoms with van der Waals surface area (Å²) < 4.78 is 22.8. The maximum absolute atomic E-state index is 14.1. The highest BCUT2D eigenvalue weighted by molar-refractivity contribution is 5.78. The molecule has 7 rings (SSSR count). The predicted octanol–water partition coefficient (Wildman–Crippen LogP) is 1.82. The molecule has 2 spiro atoms. The molecule has 12 nitrogen and oxygen atoms in total. The zero-order valence-electron chi connectivity index (χ0n) is 30.1. The molecule has 0 aromatic heterocycles. The van der Waals surface area contributed by atoms with Crippen molar-refractivity contribution in [1.29, 1.82) is 0 Å². The first kappa shape index (κ1) is 36.4. The Morgan fingerprint density at radius 1 is 0.816 bits per heavy atom. The third-order valence-electron chi connectivity index (χ3n) is 16.7. The predicted molar refractivity (Wildman–Crippen MR) is 173 cm³/mol. The van der Waals surface area contributed by atoms with Gasteiger partial charge in [-0.2, -0.15) is 0 Å². The summed E-state index contributed by atoms with van der Waals surface area (Å²) in [5.41, 5.74) is -3.25. The first-order valence-corrected chi connectivity index (χ1v) is 18.7. The SMILES string of the molecule is CO[C@H]1O[C@H]([C@@H](C)[C@H]2CC[C@@]3(C)[C@@H]4CC[C@H]5[C@](C)(C(=O)O[C@H]6O[C@@H](O)[C@H](O)[C@@H](O)[C@@H]6O)[C@@H](O)C[C@H](O)[C@@]56C[C@@]46CC[C@]23C)C[C@]1(O)C(C)C. The summed E-state index contributed by atoms with van der Waals surface area (Å²) in [6, 6.07) is 0. The molecule has 280 valence electrons. The van der Waals surface area contributed by atoms with Crippen molar-refractivity contribution < 1.29 is 59.5 Å². The third kappa shape index (κ3) is 4.48. The molecule has 0 aromatic rings. The van der Waals surface area contributed by atoms with Gasteiger partial charge in [0.2, 0.25) is 6.29 Å². The van der Waals surface area contributed by atoms with Gasteiger partial charge in [-0.05, 0) is 97.7 Å². The molecule has 0 aromatic carbocycles. The van der Waals surface area contributed by atoms with Crippen LogP contribution >= 0.6 is 0 Å². The average molecular weight is 697 g/mol. The number of rotatable bonds is 6. The molecule has 0 bridgehead atoms. The summed E-state index contributed by atoms with van der Waals surface area (Å²) in [6.45, 7) is 12.9. The molecule has 2 aliphatic heterocycles. The Hall–Kier alpha value is -0.930. The second kappa shape index (κ2) is 11.5. The fraction of sp³-hybridized carbons (Fsp3) is 0.973. The number of carbonyl (C=O) groups is 1. The lowest BCUT2D eigenvalue weighted by molar-refractivity contribution is -0.335. The maximum atomic E-state index is 14.1. The molecule has 12 heteroatoms. The zero-order chi connectivity index (χ0) is 35.9. The Kier molecular flexibility index (Phi) is 8.57. The van der Waals surface area contributed by atoms with Crippen molar-refractivity contribution in [3.05, 3.63) is 0 Å². The number of methoxy groups -OCH3 is 1. The van der Waals surface area contributed by atoms with Crippen LogP contribution in [0, 0.1) is 56.7 Å². The van der Waals surface area contributed by atoms with Crippen molar-refractivity contribution in [3.63, 3.8) is 0 Å². The Morgan fingerprint density at radius 2 is 1.49 bits per heavy atom. The van der Waals surface area contributed by atoms with E-state index in [1.807, 2.05) is 13.8 Å². The molecule has 0 amide bonds. The van der Waals surface area contributed by atoms with Crippen LogP contribution in [-0.4, -0.2) is 110 Å². The number of ether oxygens (including phenoxy) is 4. The molecule has 7 fully saturated rings. The van der Waals surface area contributed by atoms with Crippen LogP contribution in [0.3, 0.4) is 0 Å². The van der Waals surface area contributed by atoms with E-state index in [-0.39, 0.29) is 46.5 Å². The van der Waals surface area contributed by atoms with Gasteiger partial charge in [-0.3, -0.25) is 4.79 Å². The topological polar surface area (TPSA) is 196 Å². The van der Waals surface area contributed by atoms with E-state index in [2.05, 4.69) is 20.8 Å². The van der Waals surface area contributed by atoms with Crippen LogP contribution in [0.5, 0.6) is 0 Å². The summed E-state index contributed by atoms with van der Waals surface area (Å²) in [5.74, 6) is -0.311. The molecule has 5 saturated carbocycles. The molecule has 49 heavy (non-hydrogen) atoms. The number of hydrogen-bond donors (Lipinski definition) is 7. The molecular formula is C37H60O12. The average Bonchev–Trinajstić information content (AvgIpc) is 3.51. The van der Waals surface area contributed by atoms with E-state index in [9.17, 15) is 40.5 Å². The van der Waals surface area contributed by atoms with E-state index >= 15 is 0 Å². The monoisotopic (exact) mass is 696 g/mol. The van der Waals surface area contributed by atoms with Crippen molar-refractivity contribution in [2.45, 2.75) is 160 Å². The number of fused-ring (bicyclic) bond motifs is 2. The van der Waals surface area contributed by atoms with Crippen LogP contribution in [-0.2, 0) is 23.7 Å². The van der Waals surface area contributed by atoms with Crippen molar-refractivity contribution in [2.24, 2.45) is 56.7 Å². The first-order valence-electron chi connectivity index (χ1n) is 18.7. The summed E-state index contributed by atoms with van der Waals surface area (Å²) >= 11 is 0. The highest BCUT2D eigenvalue weighted by atomic mass is 16.8. The van der Waals surface area contributed by atoms with Gasteiger partial charge in [-0.1, -0.05) is 34.6 Å². The molecule has 2 saturated heterocycles. The van der Waals surface area contributed by atoms with E-state index in [1.54, 1.807) is 14.0 Å². The van der Waals surface area contributed by atoms with E-state index in [1.165, 1.54) is 0 Å². The van der Waals surface area contributed by atoms with Crippen LogP contribution in [0.4, 0.5) is 0 Å². The van der Waals surface area contributed by atoms with Crippen molar-refractivity contribution in [3.8, 4) is 0 Å². The van der Waals surface area contributed by atoms with Crippen LogP contribution in [0.25, 0.3) is 0 Å². The highest BCUT2D eigenvalue weighted by Gasteiger charge is 2.86. The number of aliphatic hydroxyl groups is 7. The standard InChI is InChI=1S/C37H60O12/c1-17(2)37(45)15-20(47-31(37)46-7)18(3)19-10-11-33(5)21-8-9-22-34(6,30(44)49-29-27(42)25(40)26(41)28(43)48-29)23(38)14-24(39)36(22)16-35(21,36)13-12-32(19,33)4/h17-29,31,38-43,45H,8-16H2,1-7H3/t18-,19+,20-,21-,22-,23-,24-,25+,26+,27-,28+,29+,31-,32+,33-,34-,35-,36+,37-/m0/s1. The van der Waals surface area contributed by atoms with Gasteiger partial charge in [0.1, 0.15) is 23.9 Å². The lowest BCUT2D eigenvalue weighted by Gasteiger charge is -2.64. The lowest BCUT2D eigenvalue weighted by Crippen LogP contribution is -2.65. The fourth-order valence-electron chi connectivity index (χ4n) is 13.5. The number of aliphatic hydroxyl groups excluding tert-OH is 6. The molecule has 7 N–H and O–H groups in total. The maximum Gasteiger partial charge on any atom is 0.317 e. The van der Waals surface area contributed by atoms with Crippen molar-refractivity contribution >= 4 is 5.97 Å². The minimum atomic E-state index is -1.87. The van der Waals surface area contributed by atoms with E-state index in [4.69, 9.17) is 18.9 Å². The van der Waals surface area contributed by atoms with Gasteiger partial charge < -0.3 is 54.7 Å². The van der Waals surface area contributed by atoms with Gasteiger partial charge in [-0.15, -0.1) is 0 Å². The van der Waals surface area contributed by atoms with E-state index in [0.717, 1.165) is 38.5 Å². The minimum absolute atomic E-state index is 0.00543. The summed E-state index contributed by atoms with van der Waals surface area (Å²) in [7, 11) is 1.60. The molecule has 0 unspecified atom stereocenters. The number of carbonyl (C=O) groups excluding carboxylic acids is 1. The molecular weight excluding hydrogens is 636 g/mol. The molecule has 2 heterocycles. The summed E-state index contributed by atoms with van der Waals surface area (Å²) in [4.78, 5) is 14.1. The lowest BCUT2D eigenvalue weighted by atomic mass is 9.41. The normalized spacial score (nSPS) is 58.7. The van der Waals surface area contributed by atoms with Crippen molar-refractivity contribution in [1.82, 2.24) is 0 Å². The summed E-state index contributed by atoms with van der Waals surface area (Å²) in [6.07, 6.45) is -4.99. The van der Waals surface area contributed by atoms with Crippen LogP contribution in [0.2, 0.25) is 0 Å². The quantitative estimate of drug-likeness (QED) is 0.200. The first-order chi connectivity index (χ1) is 22.8. The van der Waals surface area contributed by atoms with Crippen LogP contribution in [0.1, 0.15) is 99.3 Å². The molecule has 7 aliphatic rings. The Balaban J connectivity index is 1.14. The molecule has 5 aliphatic carbocycles. The van der Waals surface area contributed by atoms with E-state index in [0.29, 0.717) is 24.7 Å². The van der Waals surface area contributed by atoms with Gasteiger partial charge in [0, 0.05) is 25.4 Å². The van der Waals surface area contributed by atoms with Gasteiger partial charge in [0.25, 0.3) is 0 Å². The smallest absolute Gasteiger partial charge is 0.317 e. The van der Waals surface area contributed by atoms with Gasteiger partial charge in [0.15, 0.2) is 12.6 Å².